The molecule has 3 aromatic carbocycles. The fourth-order valence-corrected chi connectivity index (χ4v) is 5.09. The molecule has 11 heteroatoms. The number of carbonyl (C=O) groups excluding carboxylic acids is 2. The number of amidine groups is 1. The van der Waals surface area contributed by atoms with Crippen molar-refractivity contribution in [1.82, 2.24) is 4.90 Å². The zero-order valence-electron chi connectivity index (χ0n) is 20.2. The van der Waals surface area contributed by atoms with Crippen molar-refractivity contribution in [3.05, 3.63) is 77.9 Å². The Kier molecular flexibility index (Phi) is 7.18. The van der Waals surface area contributed by atoms with Gasteiger partial charge in [-0.15, -0.1) is 0 Å². The van der Waals surface area contributed by atoms with Gasteiger partial charge in [0, 0.05) is 12.1 Å². The van der Waals surface area contributed by atoms with Crippen LogP contribution in [0.2, 0.25) is 0 Å². The molecule has 0 aliphatic carbocycles. The number of amides is 2. The topological polar surface area (TPSA) is 127 Å². The number of aromatic carboxylic acids is 1. The SMILES string of the molecule is COc1ccc(N=C2S[C@H](CC(=O)Nc3ccc(C(=O)O)cc3)C(=O)N2Cc2ccc3c(c2)OCO3)cc1. The van der Waals surface area contributed by atoms with E-state index >= 15 is 0 Å². The van der Waals surface area contributed by atoms with Crippen molar-refractivity contribution in [3.63, 3.8) is 0 Å². The fourth-order valence-electron chi connectivity index (χ4n) is 3.94. The maximum absolute atomic E-state index is 13.5. The normalized spacial score (nSPS) is 17.1. The number of carboxylic acids is 1. The number of benzene rings is 3. The number of nitrogens with one attached hydrogen (secondary N) is 1. The minimum Gasteiger partial charge on any atom is -0.497 e. The van der Waals surface area contributed by atoms with E-state index in [4.69, 9.17) is 19.3 Å². The third kappa shape index (κ3) is 5.57. The molecular formula is C27H23N3O7S. The van der Waals surface area contributed by atoms with Crippen molar-refractivity contribution in [2.75, 3.05) is 19.2 Å². The van der Waals surface area contributed by atoms with Gasteiger partial charge in [0.05, 0.1) is 24.9 Å². The van der Waals surface area contributed by atoms with Crippen LogP contribution in [0, 0.1) is 0 Å². The van der Waals surface area contributed by atoms with Crippen LogP contribution in [0.4, 0.5) is 11.4 Å². The maximum atomic E-state index is 13.5. The lowest BCUT2D eigenvalue weighted by Crippen LogP contribution is -2.33. The van der Waals surface area contributed by atoms with Crippen LogP contribution in [-0.4, -0.2) is 52.1 Å². The molecule has 5 rings (SSSR count). The van der Waals surface area contributed by atoms with Gasteiger partial charge in [-0.25, -0.2) is 9.79 Å². The van der Waals surface area contributed by atoms with Gasteiger partial charge < -0.3 is 24.6 Å². The van der Waals surface area contributed by atoms with E-state index in [1.54, 1.807) is 42.3 Å². The molecule has 2 aliphatic heterocycles. The average molecular weight is 534 g/mol. The summed E-state index contributed by atoms with van der Waals surface area (Å²) in [5.74, 6) is 0.285. The predicted octanol–water partition coefficient (Wildman–Crippen LogP) is 4.28. The van der Waals surface area contributed by atoms with E-state index in [9.17, 15) is 14.4 Å². The molecule has 1 saturated heterocycles. The van der Waals surface area contributed by atoms with Crippen LogP contribution in [0.15, 0.2) is 71.7 Å². The Labute approximate surface area is 222 Å². The quantitative estimate of drug-likeness (QED) is 0.439. The number of ether oxygens (including phenoxy) is 3. The summed E-state index contributed by atoms with van der Waals surface area (Å²) in [4.78, 5) is 43.5. The molecule has 194 valence electrons. The Hall–Kier alpha value is -4.51. The van der Waals surface area contributed by atoms with E-state index < -0.39 is 11.2 Å². The molecule has 0 radical (unpaired) electrons. The van der Waals surface area contributed by atoms with Gasteiger partial charge >= 0.3 is 5.97 Å². The van der Waals surface area contributed by atoms with E-state index in [2.05, 4.69) is 10.3 Å². The van der Waals surface area contributed by atoms with Gasteiger partial charge in [-0.1, -0.05) is 17.8 Å². The zero-order chi connectivity index (χ0) is 26.6. The van der Waals surface area contributed by atoms with Crippen molar-refractivity contribution < 1.29 is 33.7 Å². The van der Waals surface area contributed by atoms with E-state index in [1.165, 1.54) is 36.0 Å². The molecule has 0 spiro atoms. The highest BCUT2D eigenvalue weighted by molar-refractivity contribution is 8.15. The molecule has 2 aliphatic rings. The highest BCUT2D eigenvalue weighted by Gasteiger charge is 2.39. The number of methoxy groups -OCH3 is 1. The second-order valence-electron chi connectivity index (χ2n) is 8.45. The first-order valence-corrected chi connectivity index (χ1v) is 12.5. The Bertz CT molecular complexity index is 1410. The molecule has 3 aromatic rings. The van der Waals surface area contributed by atoms with Crippen molar-refractivity contribution in [2.45, 2.75) is 18.2 Å². The van der Waals surface area contributed by atoms with Crippen LogP contribution in [0.5, 0.6) is 17.2 Å². The zero-order valence-corrected chi connectivity index (χ0v) is 21.1. The second kappa shape index (κ2) is 10.9. The first-order valence-electron chi connectivity index (χ1n) is 11.6. The van der Waals surface area contributed by atoms with Gasteiger partial charge in [0.15, 0.2) is 16.7 Å². The summed E-state index contributed by atoms with van der Waals surface area (Å²) in [5.41, 5.74) is 2.03. The summed E-state index contributed by atoms with van der Waals surface area (Å²) in [5, 5.41) is 11.6. The van der Waals surface area contributed by atoms with Crippen LogP contribution in [-0.2, 0) is 16.1 Å². The highest BCUT2D eigenvalue weighted by Crippen LogP contribution is 2.36. The lowest BCUT2D eigenvalue weighted by atomic mass is 10.1. The minimum absolute atomic E-state index is 0.0799. The molecule has 0 unspecified atom stereocenters. The van der Waals surface area contributed by atoms with Gasteiger partial charge in [0.1, 0.15) is 11.0 Å². The number of hydrogen-bond donors (Lipinski definition) is 2. The van der Waals surface area contributed by atoms with Crippen LogP contribution >= 0.6 is 11.8 Å². The number of nitrogens with zero attached hydrogens (tertiary/aromatic N) is 2. The molecule has 1 fully saturated rings. The largest absolute Gasteiger partial charge is 0.497 e. The first kappa shape index (κ1) is 25.2. The number of thioether (sulfide) groups is 1. The van der Waals surface area contributed by atoms with Crippen LogP contribution in [0.1, 0.15) is 22.3 Å². The molecule has 0 bridgehead atoms. The highest BCUT2D eigenvalue weighted by atomic mass is 32.2. The van der Waals surface area contributed by atoms with Gasteiger partial charge in [-0.05, 0) is 66.2 Å². The third-order valence-electron chi connectivity index (χ3n) is 5.88. The summed E-state index contributed by atoms with van der Waals surface area (Å²) in [6.07, 6.45) is -0.0799. The van der Waals surface area contributed by atoms with E-state index in [1.807, 2.05) is 12.1 Å². The fraction of sp³-hybridized carbons (Fsp3) is 0.185. The molecule has 0 aromatic heterocycles. The van der Waals surface area contributed by atoms with E-state index in [0.717, 1.165) is 5.56 Å². The summed E-state index contributed by atoms with van der Waals surface area (Å²) >= 11 is 1.22. The maximum Gasteiger partial charge on any atom is 0.335 e. The molecular weight excluding hydrogens is 510 g/mol. The van der Waals surface area contributed by atoms with Crippen LogP contribution in [0.3, 0.4) is 0 Å². The predicted molar refractivity (Wildman–Crippen MR) is 141 cm³/mol. The number of anilines is 1. The Morgan fingerprint density at radius 1 is 1.08 bits per heavy atom. The monoisotopic (exact) mass is 533 g/mol. The number of hydrogen-bond acceptors (Lipinski definition) is 8. The lowest BCUT2D eigenvalue weighted by molar-refractivity contribution is -0.128. The van der Waals surface area contributed by atoms with E-state index in [-0.39, 0.29) is 37.1 Å². The standard InChI is InChI=1S/C27H23N3O7S/c1-35-20-9-7-19(8-10-20)29-27-30(14-16-2-11-21-22(12-16)37-15-36-21)25(32)23(38-27)13-24(31)28-18-5-3-17(4-6-18)26(33)34/h2-12,23H,13-15H2,1H3,(H,28,31)(H,33,34)/t23-/m1/s1. The number of carboxylic acid groups (broad SMARTS) is 1. The Morgan fingerprint density at radius 2 is 1.82 bits per heavy atom. The van der Waals surface area contributed by atoms with Crippen LogP contribution < -0.4 is 19.5 Å². The molecule has 2 heterocycles. The second-order valence-corrected chi connectivity index (χ2v) is 9.62. The van der Waals surface area contributed by atoms with Gasteiger partial charge in [0.25, 0.3) is 0 Å². The number of aliphatic imine (C=N–C) groups is 1. The Balaban J connectivity index is 1.34. The van der Waals surface area contributed by atoms with Crippen molar-refractivity contribution in [1.29, 1.82) is 0 Å². The molecule has 38 heavy (non-hydrogen) atoms. The Morgan fingerprint density at radius 3 is 2.53 bits per heavy atom. The minimum atomic E-state index is -1.05. The van der Waals surface area contributed by atoms with Gasteiger partial charge in [-0.2, -0.15) is 0 Å². The molecule has 1 atom stereocenters. The number of carbonyl (C=O) groups is 3. The van der Waals surface area contributed by atoms with Gasteiger partial charge in [0.2, 0.25) is 18.6 Å². The van der Waals surface area contributed by atoms with Crippen molar-refractivity contribution in [3.8, 4) is 17.2 Å². The van der Waals surface area contributed by atoms with Crippen molar-refractivity contribution >= 4 is 46.1 Å². The van der Waals surface area contributed by atoms with E-state index in [0.29, 0.717) is 33.8 Å². The molecule has 10 nitrogen and oxygen atoms in total. The number of fused-ring (bicyclic) bond motifs is 1. The molecule has 0 saturated carbocycles. The van der Waals surface area contributed by atoms with Crippen LogP contribution in [0.25, 0.3) is 0 Å². The number of rotatable bonds is 8. The molecule has 2 amide bonds. The average Bonchev–Trinajstić information content (AvgIpc) is 3.49. The summed E-state index contributed by atoms with van der Waals surface area (Å²) in [6.45, 7) is 0.393. The summed E-state index contributed by atoms with van der Waals surface area (Å²) < 4.78 is 16.1. The third-order valence-corrected chi connectivity index (χ3v) is 7.06. The summed E-state index contributed by atoms with van der Waals surface area (Å²) in [7, 11) is 1.58. The smallest absolute Gasteiger partial charge is 0.335 e. The lowest BCUT2D eigenvalue weighted by Gasteiger charge is -2.17. The molecule has 2 N–H and O–H groups in total. The van der Waals surface area contributed by atoms with Gasteiger partial charge in [-0.3, -0.25) is 14.5 Å². The van der Waals surface area contributed by atoms with Crippen molar-refractivity contribution in [2.24, 2.45) is 4.99 Å². The first-order chi connectivity index (χ1) is 18.4. The summed E-state index contributed by atoms with van der Waals surface area (Å²) in [6, 6.07) is 18.4.